The minimum Gasteiger partial charge on any atom is -0.496 e. The summed E-state index contributed by atoms with van der Waals surface area (Å²) in [5.74, 6) is 0. The van der Waals surface area contributed by atoms with Crippen LogP contribution in [0, 0.1) is 0 Å². The van der Waals surface area contributed by atoms with Crippen molar-refractivity contribution in [1.82, 2.24) is 0 Å². The summed E-state index contributed by atoms with van der Waals surface area (Å²) in [5.41, 5.74) is 0. The maximum absolute atomic E-state index is 5.23. The Labute approximate surface area is 117 Å². The summed E-state index contributed by atoms with van der Waals surface area (Å²) in [5, 5.41) is 0. The maximum atomic E-state index is 5.23. The van der Waals surface area contributed by atoms with Crippen LogP contribution in [-0.2, 0) is 27.9 Å². The van der Waals surface area contributed by atoms with Gasteiger partial charge in [-0.25, -0.2) is 0 Å². The zero-order valence-electron chi connectivity index (χ0n) is 10.5. The van der Waals surface area contributed by atoms with Gasteiger partial charge in [0.05, 0.1) is 37.6 Å². The van der Waals surface area contributed by atoms with Crippen molar-refractivity contribution in [2.75, 3.05) is 0 Å². The molecule has 0 aromatic rings. The topological polar surface area (TPSA) is 55.4 Å². The Balaban J connectivity index is 2.18. The van der Waals surface area contributed by atoms with Crippen molar-refractivity contribution in [2.45, 2.75) is 0 Å². The van der Waals surface area contributed by atoms with Crippen molar-refractivity contribution in [3.63, 3.8) is 0 Å². The Morgan fingerprint density at radius 1 is 0.350 bits per heavy atom. The Kier molecular flexibility index (Phi) is 5.84. The molecule has 0 spiro atoms. The first-order valence-electron chi connectivity index (χ1n) is 5.83. The maximum Gasteiger partial charge on any atom is 0.862 e. The van der Waals surface area contributed by atoms with E-state index in [0.717, 1.165) is 0 Å². The lowest BCUT2D eigenvalue weighted by Crippen LogP contribution is -2.21. The molecular formula is C12H12B2O6. The summed E-state index contributed by atoms with van der Waals surface area (Å²) < 4.78 is 31.4. The molecule has 0 saturated heterocycles. The van der Waals surface area contributed by atoms with Crippen LogP contribution in [0.25, 0.3) is 0 Å². The van der Waals surface area contributed by atoms with Gasteiger partial charge in [-0.3, -0.25) is 0 Å². The fourth-order valence-electron chi connectivity index (χ4n) is 1.12. The minimum atomic E-state index is -0.907. The van der Waals surface area contributed by atoms with Crippen LogP contribution in [0.5, 0.6) is 0 Å². The molecule has 8 heteroatoms. The molecule has 20 heavy (non-hydrogen) atoms. The summed E-state index contributed by atoms with van der Waals surface area (Å²) in [6.07, 6.45) is 18.1. The van der Waals surface area contributed by atoms with Gasteiger partial charge in [0.1, 0.15) is 0 Å². The van der Waals surface area contributed by atoms with E-state index in [0.29, 0.717) is 0 Å². The third-order valence-electron chi connectivity index (χ3n) is 1.94. The van der Waals surface area contributed by atoms with Crippen LogP contribution in [0.3, 0.4) is 0 Å². The standard InChI is InChI=1S/C12H12B2O6/c1-2-8-16-14-19-11-5-3-9-17-13(15-7-1)18-10-4-6-12-20-14/h1-12H/b7-1-,8-2-,9-3-,10-4+,11-5-,12-6+. The average Bonchev–Trinajstić information content (AvgIpc) is 2.47. The van der Waals surface area contributed by atoms with Crippen LogP contribution in [-0.4, -0.2) is 14.6 Å². The van der Waals surface area contributed by atoms with Gasteiger partial charge in [0, 0.05) is 0 Å². The monoisotopic (exact) mass is 274 g/mol. The lowest BCUT2D eigenvalue weighted by atomic mass is 10.2. The van der Waals surface area contributed by atoms with Crippen molar-refractivity contribution >= 4 is 14.6 Å². The van der Waals surface area contributed by atoms with Gasteiger partial charge in [-0.15, -0.1) is 0 Å². The molecular weight excluding hydrogens is 262 g/mol. The Morgan fingerprint density at radius 3 is 0.750 bits per heavy atom. The number of rotatable bonds is 0. The van der Waals surface area contributed by atoms with E-state index < -0.39 is 14.6 Å². The van der Waals surface area contributed by atoms with Crippen molar-refractivity contribution in [1.29, 1.82) is 0 Å². The van der Waals surface area contributed by atoms with Gasteiger partial charge in [0.25, 0.3) is 0 Å². The van der Waals surface area contributed by atoms with Crippen LogP contribution in [0.15, 0.2) is 74.0 Å². The second-order valence-corrected chi connectivity index (χ2v) is 3.37. The van der Waals surface area contributed by atoms with E-state index in [9.17, 15) is 0 Å². The first-order valence-corrected chi connectivity index (χ1v) is 5.83. The van der Waals surface area contributed by atoms with Crippen molar-refractivity contribution in [3.05, 3.63) is 74.0 Å². The first-order chi connectivity index (χ1) is 9.95. The minimum absolute atomic E-state index is 0.907. The molecule has 0 unspecified atom stereocenters. The lowest BCUT2D eigenvalue weighted by Gasteiger charge is -2.10. The summed E-state index contributed by atoms with van der Waals surface area (Å²) in [6.45, 7) is 0. The van der Waals surface area contributed by atoms with Crippen molar-refractivity contribution in [2.24, 2.45) is 0 Å². The fraction of sp³-hybridized carbons (Fsp3) is 0. The van der Waals surface area contributed by atoms with E-state index in [1.165, 1.54) is 37.6 Å². The van der Waals surface area contributed by atoms with Gasteiger partial charge in [-0.2, -0.15) is 0 Å². The van der Waals surface area contributed by atoms with Crippen LogP contribution in [0.1, 0.15) is 0 Å². The van der Waals surface area contributed by atoms with Gasteiger partial charge in [-0.05, 0) is 36.5 Å². The van der Waals surface area contributed by atoms with Gasteiger partial charge in [0.15, 0.2) is 0 Å². The van der Waals surface area contributed by atoms with Gasteiger partial charge in [-0.1, -0.05) is 0 Å². The van der Waals surface area contributed by atoms with E-state index in [1.54, 1.807) is 36.5 Å². The van der Waals surface area contributed by atoms with Gasteiger partial charge >= 0.3 is 14.6 Å². The molecule has 0 saturated carbocycles. The van der Waals surface area contributed by atoms with Gasteiger partial charge in [0.2, 0.25) is 0 Å². The molecule has 2 bridgehead atoms. The Hall–Kier alpha value is -2.63. The highest BCUT2D eigenvalue weighted by Crippen LogP contribution is 2.01. The summed E-state index contributed by atoms with van der Waals surface area (Å²) in [7, 11) is -1.81. The van der Waals surface area contributed by atoms with Gasteiger partial charge < -0.3 is 27.9 Å². The molecule has 3 aliphatic heterocycles. The summed E-state index contributed by atoms with van der Waals surface area (Å²) in [6, 6.07) is 0. The van der Waals surface area contributed by atoms with Crippen molar-refractivity contribution in [3.8, 4) is 0 Å². The molecule has 0 N–H and O–H groups in total. The predicted molar refractivity (Wildman–Crippen MR) is 72.9 cm³/mol. The first kappa shape index (κ1) is 13.8. The van der Waals surface area contributed by atoms with E-state index in [4.69, 9.17) is 27.9 Å². The number of hydrogen-bond donors (Lipinski definition) is 0. The average molecular weight is 274 g/mol. The molecule has 0 aromatic carbocycles. The molecule has 3 heterocycles. The Morgan fingerprint density at radius 2 is 0.550 bits per heavy atom. The zero-order chi connectivity index (χ0) is 13.9. The number of fused-ring (bicyclic) bond motifs is 9. The van der Waals surface area contributed by atoms with Crippen LogP contribution < -0.4 is 0 Å². The molecule has 0 aromatic heterocycles. The lowest BCUT2D eigenvalue weighted by molar-refractivity contribution is 0.219. The molecule has 102 valence electrons. The summed E-state index contributed by atoms with van der Waals surface area (Å²) >= 11 is 0. The fourth-order valence-corrected chi connectivity index (χ4v) is 1.12. The molecule has 3 rings (SSSR count). The normalized spacial score (nSPS) is 27.6. The molecule has 0 atom stereocenters. The molecule has 3 aliphatic rings. The third-order valence-corrected chi connectivity index (χ3v) is 1.94. The van der Waals surface area contributed by atoms with E-state index >= 15 is 0 Å². The summed E-state index contributed by atoms with van der Waals surface area (Å²) in [4.78, 5) is 0. The highest BCUT2D eigenvalue weighted by molar-refractivity contribution is 6.37. The van der Waals surface area contributed by atoms with Crippen LogP contribution >= 0.6 is 0 Å². The number of hydrogen-bond acceptors (Lipinski definition) is 6. The van der Waals surface area contributed by atoms with E-state index in [1.807, 2.05) is 0 Å². The Bertz CT molecular complexity index is 346. The molecule has 0 radical (unpaired) electrons. The SMILES string of the molecule is C1=C\OB2O/C=C\C=C/OB(O\C=C/1)O/C=C/C=C/O2. The van der Waals surface area contributed by atoms with Crippen LogP contribution in [0.4, 0.5) is 0 Å². The largest absolute Gasteiger partial charge is 0.862 e. The van der Waals surface area contributed by atoms with E-state index in [2.05, 4.69) is 0 Å². The molecule has 6 nitrogen and oxygen atoms in total. The zero-order valence-corrected chi connectivity index (χ0v) is 10.5. The molecule has 0 aliphatic carbocycles. The quantitative estimate of drug-likeness (QED) is 0.631. The van der Waals surface area contributed by atoms with E-state index in [-0.39, 0.29) is 0 Å². The van der Waals surface area contributed by atoms with Crippen molar-refractivity contribution < 1.29 is 27.9 Å². The second-order valence-electron chi connectivity index (χ2n) is 3.37. The predicted octanol–water partition coefficient (Wildman–Crippen LogP) is 2.17. The second kappa shape index (κ2) is 8.47. The smallest absolute Gasteiger partial charge is 0.496 e. The highest BCUT2D eigenvalue weighted by atomic mass is 16.7. The highest BCUT2D eigenvalue weighted by Gasteiger charge is 2.25. The number of allylic oxidation sites excluding steroid dienone is 6. The molecule has 0 fully saturated rings. The molecule has 0 amide bonds. The van der Waals surface area contributed by atoms with Crippen LogP contribution in [0.2, 0.25) is 0 Å². The third kappa shape index (κ3) is 5.34.